The van der Waals surface area contributed by atoms with Crippen LogP contribution in [0.2, 0.25) is 5.02 Å². The van der Waals surface area contributed by atoms with Gasteiger partial charge in [0.05, 0.1) is 11.0 Å². The number of aryl methyl sites for hydroxylation is 1. The van der Waals surface area contributed by atoms with Crippen LogP contribution in [0.25, 0.3) is 16.7 Å². The van der Waals surface area contributed by atoms with Gasteiger partial charge in [-0.05, 0) is 61.6 Å². The van der Waals surface area contributed by atoms with E-state index < -0.39 is 0 Å². The Balaban J connectivity index is 1.52. The minimum atomic E-state index is -0.296. The van der Waals surface area contributed by atoms with Crippen molar-refractivity contribution in [2.24, 2.45) is 0 Å². The van der Waals surface area contributed by atoms with Gasteiger partial charge in [-0.15, -0.1) is 10.2 Å². The summed E-state index contributed by atoms with van der Waals surface area (Å²) in [6, 6.07) is 9.36. The predicted molar refractivity (Wildman–Crippen MR) is 125 cm³/mol. The molecule has 2 aliphatic heterocycles. The number of rotatable bonds is 2. The highest BCUT2D eigenvalue weighted by Crippen LogP contribution is 2.35. The molecule has 0 bridgehead atoms. The number of anilines is 1. The van der Waals surface area contributed by atoms with Crippen molar-refractivity contribution in [2.75, 3.05) is 24.7 Å². The lowest BCUT2D eigenvalue weighted by Gasteiger charge is -2.21. The molecule has 1 saturated heterocycles. The number of benzene rings is 2. The van der Waals surface area contributed by atoms with Crippen LogP contribution in [0, 0.1) is 6.92 Å². The fourth-order valence-corrected chi connectivity index (χ4v) is 5.30. The van der Waals surface area contributed by atoms with Gasteiger partial charge in [0.15, 0.2) is 0 Å². The van der Waals surface area contributed by atoms with Gasteiger partial charge in [0, 0.05) is 41.9 Å². The van der Waals surface area contributed by atoms with Crippen LogP contribution < -0.4 is 10.5 Å². The van der Waals surface area contributed by atoms with Gasteiger partial charge in [-0.1, -0.05) is 17.7 Å². The molecule has 1 amide bonds. The second-order valence-corrected chi connectivity index (χ2v) is 9.09. The molecule has 1 N–H and O–H groups in total. The van der Waals surface area contributed by atoms with E-state index in [9.17, 15) is 9.59 Å². The third-order valence-corrected chi connectivity index (χ3v) is 7.11. The van der Waals surface area contributed by atoms with Gasteiger partial charge in [-0.3, -0.25) is 14.0 Å². The maximum atomic E-state index is 13.7. The van der Waals surface area contributed by atoms with Crippen LogP contribution in [0.3, 0.4) is 0 Å². The number of ether oxygens (including phenoxy) is 1. The number of aromatic nitrogens is 4. The second-order valence-electron chi connectivity index (χ2n) is 8.69. The molecule has 9 heteroatoms. The molecule has 1 fully saturated rings. The van der Waals surface area contributed by atoms with Gasteiger partial charge in [0.2, 0.25) is 5.65 Å². The minimum Gasteiger partial charge on any atom is -0.381 e. The van der Waals surface area contributed by atoms with E-state index in [1.54, 1.807) is 4.90 Å². The first kappa shape index (κ1) is 20.4. The normalized spacial score (nSPS) is 16.6. The number of halogens is 1. The first-order chi connectivity index (χ1) is 16.0. The summed E-state index contributed by atoms with van der Waals surface area (Å²) in [5.41, 5.74) is 4.53. The van der Waals surface area contributed by atoms with E-state index in [2.05, 4.69) is 15.2 Å². The highest BCUT2D eigenvalue weighted by molar-refractivity contribution is 6.32. The van der Waals surface area contributed by atoms with Gasteiger partial charge >= 0.3 is 0 Å². The molecule has 0 radical (unpaired) electrons. The lowest BCUT2D eigenvalue weighted by molar-refractivity contribution is 0.0834. The monoisotopic (exact) mass is 463 g/mol. The Morgan fingerprint density at radius 1 is 1.21 bits per heavy atom. The molecular formula is C24H22ClN5O3. The number of amides is 1. The number of hydrogen-bond donors (Lipinski definition) is 1. The number of aromatic amines is 1. The number of carbonyl (C=O) groups is 1. The van der Waals surface area contributed by atoms with Gasteiger partial charge in [-0.25, -0.2) is 0 Å². The zero-order valence-corrected chi connectivity index (χ0v) is 18.9. The molecule has 0 unspecified atom stereocenters. The number of H-pyrrole nitrogens is 1. The van der Waals surface area contributed by atoms with Crippen molar-refractivity contribution in [3.05, 3.63) is 68.2 Å². The van der Waals surface area contributed by atoms with Crippen LogP contribution in [0.15, 0.2) is 35.1 Å². The first-order valence-corrected chi connectivity index (χ1v) is 11.5. The van der Waals surface area contributed by atoms with Crippen LogP contribution in [0.1, 0.15) is 46.1 Å². The minimum absolute atomic E-state index is 0.0875. The van der Waals surface area contributed by atoms with E-state index >= 15 is 0 Å². The van der Waals surface area contributed by atoms with Crippen molar-refractivity contribution in [1.82, 2.24) is 19.6 Å². The lowest BCUT2D eigenvalue weighted by Crippen LogP contribution is -2.29. The van der Waals surface area contributed by atoms with Crippen LogP contribution in [-0.2, 0) is 11.2 Å². The quantitative estimate of drug-likeness (QED) is 0.490. The van der Waals surface area contributed by atoms with E-state index in [1.165, 1.54) is 0 Å². The van der Waals surface area contributed by atoms with Gasteiger partial charge in [0.25, 0.3) is 11.5 Å². The number of nitrogens with one attached hydrogen (secondary N) is 1. The van der Waals surface area contributed by atoms with E-state index in [0.29, 0.717) is 35.9 Å². The molecule has 2 aromatic heterocycles. The summed E-state index contributed by atoms with van der Waals surface area (Å²) < 4.78 is 7.31. The summed E-state index contributed by atoms with van der Waals surface area (Å²) in [6.45, 7) is 3.77. The maximum absolute atomic E-state index is 13.7. The Bertz CT molecular complexity index is 1490. The number of fused-ring (bicyclic) bond motifs is 4. The fraction of sp³-hybridized carbons (Fsp3) is 0.333. The van der Waals surface area contributed by atoms with Crippen LogP contribution in [0.5, 0.6) is 0 Å². The molecule has 6 rings (SSSR count). The summed E-state index contributed by atoms with van der Waals surface area (Å²) >= 11 is 6.36. The van der Waals surface area contributed by atoms with Gasteiger partial charge in [0.1, 0.15) is 5.82 Å². The number of nitrogens with zero attached hydrogens (tertiary/aromatic N) is 4. The predicted octanol–water partition coefficient (Wildman–Crippen LogP) is 3.63. The average Bonchev–Trinajstić information content (AvgIpc) is 3.45. The molecule has 8 nitrogen and oxygen atoms in total. The van der Waals surface area contributed by atoms with Crippen LogP contribution in [0.4, 0.5) is 5.69 Å². The third-order valence-electron chi connectivity index (χ3n) is 6.76. The molecule has 2 aromatic carbocycles. The molecule has 0 saturated carbocycles. The molecule has 33 heavy (non-hydrogen) atoms. The van der Waals surface area contributed by atoms with Crippen LogP contribution in [-0.4, -0.2) is 45.2 Å². The fourth-order valence-electron chi connectivity index (χ4n) is 5.04. The Labute approximate surface area is 194 Å². The Kier molecular flexibility index (Phi) is 4.74. The van der Waals surface area contributed by atoms with E-state index in [-0.39, 0.29) is 23.0 Å². The second kappa shape index (κ2) is 7.67. The summed E-state index contributed by atoms with van der Waals surface area (Å²) in [4.78, 5) is 31.1. The Morgan fingerprint density at radius 2 is 2.03 bits per heavy atom. The molecule has 4 aromatic rings. The largest absolute Gasteiger partial charge is 0.381 e. The van der Waals surface area contributed by atoms with Crippen molar-refractivity contribution in [2.45, 2.75) is 32.1 Å². The van der Waals surface area contributed by atoms with E-state index in [0.717, 1.165) is 47.4 Å². The summed E-state index contributed by atoms with van der Waals surface area (Å²) in [6.07, 6.45) is 2.36. The maximum Gasteiger partial charge on any atom is 0.294 e. The van der Waals surface area contributed by atoms with Gasteiger partial charge in [-0.2, -0.15) is 0 Å². The van der Waals surface area contributed by atoms with Crippen molar-refractivity contribution in [3.8, 4) is 0 Å². The molecular weight excluding hydrogens is 442 g/mol. The zero-order valence-electron chi connectivity index (χ0n) is 18.1. The smallest absolute Gasteiger partial charge is 0.294 e. The summed E-state index contributed by atoms with van der Waals surface area (Å²) in [5.74, 6) is 0.798. The van der Waals surface area contributed by atoms with Crippen molar-refractivity contribution < 1.29 is 9.53 Å². The molecule has 168 valence electrons. The van der Waals surface area contributed by atoms with E-state index in [1.807, 2.05) is 41.7 Å². The lowest BCUT2D eigenvalue weighted by atomic mass is 9.99. The first-order valence-electron chi connectivity index (χ1n) is 11.1. The highest BCUT2D eigenvalue weighted by atomic mass is 35.5. The van der Waals surface area contributed by atoms with Crippen LogP contribution >= 0.6 is 11.6 Å². The third kappa shape index (κ3) is 3.16. The average molecular weight is 464 g/mol. The molecule has 0 atom stereocenters. The summed E-state index contributed by atoms with van der Waals surface area (Å²) in [5, 5.41) is 9.23. The Hall–Kier alpha value is -3.23. The molecule has 4 heterocycles. The van der Waals surface area contributed by atoms with Crippen molar-refractivity contribution in [3.63, 3.8) is 0 Å². The van der Waals surface area contributed by atoms with E-state index in [4.69, 9.17) is 16.3 Å². The van der Waals surface area contributed by atoms with Crippen molar-refractivity contribution >= 4 is 39.9 Å². The Morgan fingerprint density at radius 3 is 2.85 bits per heavy atom. The number of carbonyl (C=O) groups excluding carboxylic acids is 1. The number of hydrogen-bond acceptors (Lipinski definition) is 5. The standard InChI is InChI=1S/C24H22ClN5O3/c1-13-11-18-20(12-16(13)24(32)29-8-5-15-17(25)3-2-4-19(15)29)30-21(14-6-9-33-10-7-14)27-28-22(30)23(31)26-18/h2-4,11-12,14H,5-10H2,1H3,(H,26,31). The highest BCUT2D eigenvalue weighted by Gasteiger charge is 2.29. The topological polar surface area (TPSA) is 92.6 Å². The summed E-state index contributed by atoms with van der Waals surface area (Å²) in [7, 11) is 0. The molecule has 0 aliphatic carbocycles. The van der Waals surface area contributed by atoms with Gasteiger partial charge < -0.3 is 14.6 Å². The SMILES string of the molecule is Cc1cc2[nH]c(=O)c3nnc(C4CCOCC4)n3c2cc1C(=O)N1CCc2c(Cl)cccc21. The zero-order chi connectivity index (χ0) is 22.7. The molecule has 2 aliphatic rings. The van der Waals surface area contributed by atoms with Crippen molar-refractivity contribution in [1.29, 1.82) is 0 Å². The molecule has 0 spiro atoms.